The molecule has 1 aliphatic rings. The summed E-state index contributed by atoms with van der Waals surface area (Å²) in [6.45, 7) is 5.38. The van der Waals surface area contributed by atoms with Gasteiger partial charge in [0.2, 0.25) is 0 Å². The molecule has 3 N–H and O–H groups in total. The number of amides is 1. The molecule has 1 amide bonds. The van der Waals surface area contributed by atoms with Gasteiger partial charge in [0.1, 0.15) is 0 Å². The van der Waals surface area contributed by atoms with Crippen LogP contribution in [0.4, 0.5) is 0 Å². The summed E-state index contributed by atoms with van der Waals surface area (Å²) in [5, 5.41) is 3.01. The van der Waals surface area contributed by atoms with Gasteiger partial charge in [0.05, 0.1) is 13.2 Å². The maximum absolute atomic E-state index is 12.3. The molecule has 22 heavy (non-hydrogen) atoms. The van der Waals surface area contributed by atoms with Crippen LogP contribution in [0.5, 0.6) is 11.5 Å². The maximum Gasteiger partial charge on any atom is 0.251 e. The van der Waals surface area contributed by atoms with E-state index in [0.29, 0.717) is 42.7 Å². The third-order valence-electron chi connectivity index (χ3n) is 3.57. The van der Waals surface area contributed by atoms with E-state index in [1.54, 1.807) is 18.2 Å². The Morgan fingerprint density at radius 3 is 2.45 bits per heavy atom. The molecule has 1 fully saturated rings. The Morgan fingerprint density at radius 1 is 1.27 bits per heavy atom. The van der Waals surface area contributed by atoms with Crippen molar-refractivity contribution in [1.82, 2.24) is 5.32 Å². The van der Waals surface area contributed by atoms with Gasteiger partial charge in [0.25, 0.3) is 5.91 Å². The highest BCUT2D eigenvalue weighted by molar-refractivity contribution is 5.95. The van der Waals surface area contributed by atoms with Crippen LogP contribution in [0.15, 0.2) is 18.2 Å². The summed E-state index contributed by atoms with van der Waals surface area (Å²) >= 11 is 0. The third-order valence-corrected chi connectivity index (χ3v) is 3.57. The standard InChI is InChI=1S/C16H24N2O3.ClH/c1-3-20-14-8-7-12(9-15(14)21-4-2)16(19)18-13(10-17)11-5-6-11;/h7-9,11,13H,3-6,10,17H2,1-2H3,(H,18,19);1H. The summed E-state index contributed by atoms with van der Waals surface area (Å²) in [5.41, 5.74) is 6.29. The van der Waals surface area contributed by atoms with Gasteiger partial charge in [-0.3, -0.25) is 4.79 Å². The lowest BCUT2D eigenvalue weighted by molar-refractivity contribution is 0.0933. The number of carbonyl (C=O) groups excluding carboxylic acids is 1. The Bertz CT molecular complexity index is 492. The summed E-state index contributed by atoms with van der Waals surface area (Å²) in [7, 11) is 0. The number of halogens is 1. The number of ether oxygens (including phenoxy) is 2. The summed E-state index contributed by atoms with van der Waals surface area (Å²) in [5.74, 6) is 1.69. The monoisotopic (exact) mass is 328 g/mol. The van der Waals surface area contributed by atoms with Gasteiger partial charge in [0.15, 0.2) is 11.5 Å². The molecular formula is C16H25ClN2O3. The summed E-state index contributed by atoms with van der Waals surface area (Å²) in [6.07, 6.45) is 2.30. The van der Waals surface area contributed by atoms with Crippen LogP contribution in [0, 0.1) is 5.92 Å². The lowest BCUT2D eigenvalue weighted by Crippen LogP contribution is -2.41. The van der Waals surface area contributed by atoms with Gasteiger partial charge >= 0.3 is 0 Å². The van der Waals surface area contributed by atoms with E-state index in [0.717, 1.165) is 12.8 Å². The zero-order chi connectivity index (χ0) is 15.2. The van der Waals surface area contributed by atoms with Gasteiger partial charge in [-0.05, 0) is 50.8 Å². The molecular weight excluding hydrogens is 304 g/mol. The molecule has 0 radical (unpaired) electrons. The van der Waals surface area contributed by atoms with Crippen LogP contribution in [0.2, 0.25) is 0 Å². The Labute approximate surface area is 138 Å². The largest absolute Gasteiger partial charge is 0.490 e. The maximum atomic E-state index is 12.3. The molecule has 5 nitrogen and oxygen atoms in total. The second-order valence-corrected chi connectivity index (χ2v) is 5.18. The zero-order valence-electron chi connectivity index (χ0n) is 13.1. The van der Waals surface area contributed by atoms with Crippen molar-refractivity contribution in [1.29, 1.82) is 0 Å². The van der Waals surface area contributed by atoms with E-state index < -0.39 is 0 Å². The molecule has 1 aromatic carbocycles. The minimum absolute atomic E-state index is 0. The molecule has 0 bridgehead atoms. The number of rotatable bonds is 8. The van der Waals surface area contributed by atoms with Crippen molar-refractivity contribution < 1.29 is 14.3 Å². The molecule has 1 unspecified atom stereocenters. The summed E-state index contributed by atoms with van der Waals surface area (Å²) < 4.78 is 11.0. The smallest absolute Gasteiger partial charge is 0.251 e. The normalized spacial score (nSPS) is 14.7. The first-order valence-corrected chi connectivity index (χ1v) is 7.60. The fourth-order valence-electron chi connectivity index (χ4n) is 2.31. The van der Waals surface area contributed by atoms with Crippen LogP contribution >= 0.6 is 12.4 Å². The van der Waals surface area contributed by atoms with Gasteiger partial charge in [-0.2, -0.15) is 0 Å². The van der Waals surface area contributed by atoms with Crippen LogP contribution in [0.25, 0.3) is 0 Å². The van der Waals surface area contributed by atoms with Crippen LogP contribution in [0.3, 0.4) is 0 Å². The predicted molar refractivity (Wildman–Crippen MR) is 89.1 cm³/mol. The van der Waals surface area contributed by atoms with Crippen LogP contribution in [0.1, 0.15) is 37.0 Å². The predicted octanol–water partition coefficient (Wildman–Crippen LogP) is 2.37. The van der Waals surface area contributed by atoms with Crippen molar-refractivity contribution in [3.05, 3.63) is 23.8 Å². The number of carbonyl (C=O) groups is 1. The van der Waals surface area contributed by atoms with Crippen LogP contribution in [-0.4, -0.2) is 31.7 Å². The zero-order valence-corrected chi connectivity index (χ0v) is 13.9. The molecule has 2 rings (SSSR count). The van der Waals surface area contributed by atoms with E-state index >= 15 is 0 Å². The van der Waals surface area contributed by atoms with E-state index in [4.69, 9.17) is 15.2 Å². The van der Waals surface area contributed by atoms with E-state index in [-0.39, 0.29) is 24.4 Å². The van der Waals surface area contributed by atoms with Gasteiger partial charge in [0, 0.05) is 18.2 Å². The summed E-state index contributed by atoms with van der Waals surface area (Å²) in [6, 6.07) is 5.32. The SMILES string of the molecule is CCOc1ccc(C(=O)NC(CN)C2CC2)cc1OCC.Cl. The minimum atomic E-state index is -0.110. The Balaban J connectivity index is 0.00000242. The molecule has 0 saturated heterocycles. The first-order valence-electron chi connectivity index (χ1n) is 7.60. The molecule has 1 aromatic rings. The molecule has 0 spiro atoms. The van der Waals surface area contributed by atoms with Gasteiger partial charge in [-0.1, -0.05) is 0 Å². The Hall–Kier alpha value is -1.46. The van der Waals surface area contributed by atoms with Crippen LogP contribution in [-0.2, 0) is 0 Å². The number of nitrogens with two attached hydrogens (primary N) is 1. The van der Waals surface area contributed by atoms with Gasteiger partial charge in [-0.15, -0.1) is 12.4 Å². The Morgan fingerprint density at radius 2 is 1.91 bits per heavy atom. The van der Waals surface area contributed by atoms with Crippen LogP contribution < -0.4 is 20.5 Å². The number of hydrogen-bond acceptors (Lipinski definition) is 4. The molecule has 1 saturated carbocycles. The molecule has 1 atom stereocenters. The van der Waals surface area contributed by atoms with E-state index in [1.165, 1.54) is 0 Å². The topological polar surface area (TPSA) is 73.6 Å². The first-order chi connectivity index (χ1) is 10.2. The highest BCUT2D eigenvalue weighted by Crippen LogP contribution is 2.33. The number of nitrogens with one attached hydrogen (secondary N) is 1. The highest BCUT2D eigenvalue weighted by atomic mass is 35.5. The third kappa shape index (κ3) is 4.78. The second-order valence-electron chi connectivity index (χ2n) is 5.18. The number of hydrogen-bond donors (Lipinski definition) is 2. The molecule has 124 valence electrons. The van der Waals surface area contributed by atoms with Gasteiger partial charge in [-0.25, -0.2) is 0 Å². The molecule has 1 aliphatic carbocycles. The molecule has 0 heterocycles. The molecule has 0 aliphatic heterocycles. The Kier molecular flexibility index (Phi) is 7.48. The van der Waals surface area contributed by atoms with Crippen molar-refractivity contribution in [2.45, 2.75) is 32.7 Å². The highest BCUT2D eigenvalue weighted by Gasteiger charge is 2.31. The molecule has 0 aromatic heterocycles. The van der Waals surface area contributed by atoms with E-state index in [1.807, 2.05) is 13.8 Å². The average Bonchev–Trinajstić information content (AvgIpc) is 3.31. The quantitative estimate of drug-likeness (QED) is 0.768. The van der Waals surface area contributed by atoms with Crippen molar-refractivity contribution in [3.63, 3.8) is 0 Å². The van der Waals surface area contributed by atoms with Gasteiger partial charge < -0.3 is 20.5 Å². The lowest BCUT2D eigenvalue weighted by Gasteiger charge is -2.17. The fourth-order valence-corrected chi connectivity index (χ4v) is 2.31. The lowest BCUT2D eigenvalue weighted by atomic mass is 10.1. The molecule has 6 heteroatoms. The minimum Gasteiger partial charge on any atom is -0.490 e. The van der Waals surface area contributed by atoms with Crippen molar-refractivity contribution >= 4 is 18.3 Å². The van der Waals surface area contributed by atoms with E-state index in [2.05, 4.69) is 5.32 Å². The van der Waals surface area contributed by atoms with E-state index in [9.17, 15) is 4.79 Å². The van der Waals surface area contributed by atoms with Crippen molar-refractivity contribution in [3.8, 4) is 11.5 Å². The van der Waals surface area contributed by atoms with Crippen molar-refractivity contribution in [2.75, 3.05) is 19.8 Å². The summed E-state index contributed by atoms with van der Waals surface area (Å²) in [4.78, 5) is 12.3. The second kappa shape index (κ2) is 8.86. The van der Waals surface area contributed by atoms with Crippen molar-refractivity contribution in [2.24, 2.45) is 11.7 Å². The first kappa shape index (κ1) is 18.6. The fraction of sp³-hybridized carbons (Fsp3) is 0.562. The average molecular weight is 329 g/mol. The number of benzene rings is 1.